The minimum Gasteiger partial charge on any atom is -0.322 e. The highest BCUT2D eigenvalue weighted by atomic mass is 32.2. The fourth-order valence-electron chi connectivity index (χ4n) is 3.34. The van der Waals surface area contributed by atoms with Crippen LogP contribution >= 0.6 is 0 Å². The molecule has 0 heterocycles. The SMILES string of the molecule is CCN(Cc1ccc(C(=O)Nc2ccc(C)cc2C)cc1)S(=O)(=O)c1ccc(C)cc1. The van der Waals surface area contributed by atoms with E-state index in [0.29, 0.717) is 12.1 Å². The van der Waals surface area contributed by atoms with E-state index < -0.39 is 10.0 Å². The first-order valence-corrected chi connectivity index (χ1v) is 11.7. The second-order valence-corrected chi connectivity index (χ2v) is 9.65. The van der Waals surface area contributed by atoms with Crippen LogP contribution in [0.1, 0.15) is 39.5 Å². The van der Waals surface area contributed by atoms with E-state index in [0.717, 1.165) is 27.9 Å². The number of anilines is 1. The van der Waals surface area contributed by atoms with Crippen LogP contribution in [-0.4, -0.2) is 25.2 Å². The highest BCUT2D eigenvalue weighted by Gasteiger charge is 2.23. The van der Waals surface area contributed by atoms with E-state index in [-0.39, 0.29) is 17.3 Å². The van der Waals surface area contributed by atoms with Gasteiger partial charge in [0.2, 0.25) is 10.0 Å². The zero-order valence-corrected chi connectivity index (χ0v) is 19.2. The number of nitrogens with zero attached hydrogens (tertiary/aromatic N) is 1. The van der Waals surface area contributed by atoms with Gasteiger partial charge in [-0.15, -0.1) is 0 Å². The van der Waals surface area contributed by atoms with Crippen molar-refractivity contribution >= 4 is 21.6 Å². The van der Waals surface area contributed by atoms with Gasteiger partial charge in [-0.2, -0.15) is 4.31 Å². The fraction of sp³-hybridized carbons (Fsp3) is 0.240. The van der Waals surface area contributed by atoms with Gasteiger partial charge in [-0.1, -0.05) is 54.4 Å². The molecular weight excluding hydrogens is 408 g/mol. The Balaban J connectivity index is 1.72. The molecule has 0 aliphatic rings. The molecule has 1 N–H and O–H groups in total. The molecule has 0 bridgehead atoms. The maximum absolute atomic E-state index is 13.0. The van der Waals surface area contributed by atoms with Crippen molar-refractivity contribution < 1.29 is 13.2 Å². The summed E-state index contributed by atoms with van der Waals surface area (Å²) in [5, 5.41) is 2.93. The summed E-state index contributed by atoms with van der Waals surface area (Å²) >= 11 is 0. The van der Waals surface area contributed by atoms with E-state index in [2.05, 4.69) is 5.32 Å². The first kappa shape index (κ1) is 22.7. The van der Waals surface area contributed by atoms with Crippen molar-refractivity contribution in [3.8, 4) is 0 Å². The quantitative estimate of drug-likeness (QED) is 0.562. The molecule has 0 spiro atoms. The molecule has 0 saturated heterocycles. The van der Waals surface area contributed by atoms with Crippen molar-refractivity contribution in [2.24, 2.45) is 0 Å². The van der Waals surface area contributed by atoms with Crippen LogP contribution in [0.5, 0.6) is 0 Å². The molecule has 0 atom stereocenters. The summed E-state index contributed by atoms with van der Waals surface area (Å²) in [6.45, 7) is 8.30. The van der Waals surface area contributed by atoms with Crippen LogP contribution in [0, 0.1) is 20.8 Å². The molecule has 0 unspecified atom stereocenters. The van der Waals surface area contributed by atoms with Crippen LogP contribution in [0.2, 0.25) is 0 Å². The Morgan fingerprint density at radius 2 is 1.48 bits per heavy atom. The zero-order valence-electron chi connectivity index (χ0n) is 18.3. The lowest BCUT2D eigenvalue weighted by Crippen LogP contribution is -2.30. The first-order chi connectivity index (χ1) is 14.7. The number of aryl methyl sites for hydroxylation is 3. The Morgan fingerprint density at radius 1 is 0.871 bits per heavy atom. The maximum atomic E-state index is 13.0. The number of carbonyl (C=O) groups is 1. The number of amides is 1. The third kappa shape index (κ3) is 5.40. The van der Waals surface area contributed by atoms with E-state index in [4.69, 9.17) is 0 Å². The summed E-state index contributed by atoms with van der Waals surface area (Å²) in [4.78, 5) is 12.9. The van der Waals surface area contributed by atoms with Gasteiger partial charge >= 0.3 is 0 Å². The van der Waals surface area contributed by atoms with Crippen LogP contribution in [0.4, 0.5) is 5.69 Å². The smallest absolute Gasteiger partial charge is 0.255 e. The predicted molar refractivity (Wildman–Crippen MR) is 125 cm³/mol. The molecule has 5 nitrogen and oxygen atoms in total. The highest BCUT2D eigenvalue weighted by Crippen LogP contribution is 2.20. The lowest BCUT2D eigenvalue weighted by molar-refractivity contribution is 0.102. The van der Waals surface area contributed by atoms with Crippen LogP contribution in [0.25, 0.3) is 0 Å². The molecule has 3 aromatic carbocycles. The fourth-order valence-corrected chi connectivity index (χ4v) is 4.78. The summed E-state index contributed by atoms with van der Waals surface area (Å²) in [5.74, 6) is -0.196. The van der Waals surface area contributed by atoms with Crippen molar-refractivity contribution in [1.29, 1.82) is 0 Å². The average molecular weight is 437 g/mol. The third-order valence-corrected chi connectivity index (χ3v) is 7.15. The van der Waals surface area contributed by atoms with Crippen molar-refractivity contribution in [3.05, 3.63) is 94.5 Å². The van der Waals surface area contributed by atoms with Gasteiger partial charge in [-0.25, -0.2) is 8.42 Å². The highest BCUT2D eigenvalue weighted by molar-refractivity contribution is 7.89. The molecule has 0 radical (unpaired) electrons. The molecule has 0 aliphatic carbocycles. The summed E-state index contributed by atoms with van der Waals surface area (Å²) < 4.78 is 27.4. The molecule has 0 aromatic heterocycles. The van der Waals surface area contributed by atoms with Gasteiger partial charge in [0.15, 0.2) is 0 Å². The molecular formula is C25H28N2O3S. The molecule has 1 amide bonds. The number of rotatable bonds is 7. The van der Waals surface area contributed by atoms with Crippen molar-refractivity contribution in [2.45, 2.75) is 39.1 Å². The molecule has 162 valence electrons. The largest absolute Gasteiger partial charge is 0.322 e. The van der Waals surface area contributed by atoms with Crippen molar-refractivity contribution in [1.82, 2.24) is 4.31 Å². The van der Waals surface area contributed by atoms with E-state index in [1.54, 1.807) is 48.5 Å². The summed E-state index contributed by atoms with van der Waals surface area (Å²) in [7, 11) is -3.59. The van der Waals surface area contributed by atoms with Crippen LogP contribution in [0.3, 0.4) is 0 Å². The van der Waals surface area contributed by atoms with Gasteiger partial charge in [-0.05, 0) is 62.2 Å². The number of hydrogen-bond acceptors (Lipinski definition) is 3. The van der Waals surface area contributed by atoms with E-state index in [1.165, 1.54) is 4.31 Å². The molecule has 0 aliphatic heterocycles. The Hall–Kier alpha value is -2.96. The van der Waals surface area contributed by atoms with Gasteiger partial charge in [0.05, 0.1) is 4.90 Å². The monoisotopic (exact) mass is 436 g/mol. The average Bonchev–Trinajstić information content (AvgIpc) is 2.74. The third-order valence-electron chi connectivity index (χ3n) is 5.22. The van der Waals surface area contributed by atoms with Gasteiger partial charge in [0.25, 0.3) is 5.91 Å². The lowest BCUT2D eigenvalue weighted by Gasteiger charge is -2.21. The van der Waals surface area contributed by atoms with Crippen LogP contribution in [0.15, 0.2) is 71.6 Å². The first-order valence-electron chi connectivity index (χ1n) is 10.2. The van der Waals surface area contributed by atoms with Gasteiger partial charge in [0.1, 0.15) is 0 Å². The van der Waals surface area contributed by atoms with E-state index >= 15 is 0 Å². The minimum atomic E-state index is -3.59. The topological polar surface area (TPSA) is 66.5 Å². The molecule has 3 aromatic rings. The molecule has 0 fully saturated rings. The van der Waals surface area contributed by atoms with E-state index in [1.807, 2.05) is 45.9 Å². The second-order valence-electron chi connectivity index (χ2n) is 7.71. The van der Waals surface area contributed by atoms with Gasteiger partial charge in [0, 0.05) is 24.3 Å². The minimum absolute atomic E-state index is 0.196. The van der Waals surface area contributed by atoms with Crippen LogP contribution < -0.4 is 5.32 Å². The second kappa shape index (κ2) is 9.45. The Kier molecular flexibility index (Phi) is 6.93. The Bertz CT molecular complexity index is 1170. The number of sulfonamides is 1. The normalized spacial score (nSPS) is 11.5. The number of benzene rings is 3. The number of carbonyl (C=O) groups excluding carboxylic acids is 1. The summed E-state index contributed by atoms with van der Waals surface area (Å²) in [5.41, 5.74) is 5.28. The van der Waals surface area contributed by atoms with E-state index in [9.17, 15) is 13.2 Å². The Morgan fingerprint density at radius 3 is 2.06 bits per heavy atom. The number of hydrogen-bond donors (Lipinski definition) is 1. The lowest BCUT2D eigenvalue weighted by atomic mass is 10.1. The molecule has 31 heavy (non-hydrogen) atoms. The predicted octanol–water partition coefficient (Wildman–Crippen LogP) is 5.07. The maximum Gasteiger partial charge on any atom is 0.255 e. The van der Waals surface area contributed by atoms with Gasteiger partial charge in [-0.3, -0.25) is 4.79 Å². The molecule has 0 saturated carbocycles. The van der Waals surface area contributed by atoms with Crippen molar-refractivity contribution in [2.75, 3.05) is 11.9 Å². The Labute approximate surface area is 184 Å². The molecule has 3 rings (SSSR count). The van der Waals surface area contributed by atoms with Crippen LogP contribution in [-0.2, 0) is 16.6 Å². The molecule has 6 heteroatoms. The van der Waals surface area contributed by atoms with Gasteiger partial charge < -0.3 is 5.32 Å². The zero-order chi connectivity index (χ0) is 22.6. The summed E-state index contributed by atoms with van der Waals surface area (Å²) in [6.07, 6.45) is 0. The number of nitrogens with one attached hydrogen (secondary N) is 1. The van der Waals surface area contributed by atoms with Crippen molar-refractivity contribution in [3.63, 3.8) is 0 Å². The standard InChI is InChI=1S/C25H28N2O3S/c1-5-27(31(29,30)23-13-6-18(2)7-14-23)17-21-9-11-22(12-10-21)25(28)26-24-15-8-19(3)16-20(24)4/h6-16H,5,17H2,1-4H3,(H,26,28). The summed E-state index contributed by atoms with van der Waals surface area (Å²) in [6, 6.07) is 19.8.